The van der Waals surface area contributed by atoms with Crippen LogP contribution >= 0.6 is 0 Å². The molecule has 0 aliphatic carbocycles. The second-order valence-corrected chi connectivity index (χ2v) is 3.14. The number of ether oxygens (including phenoxy) is 2. The average Bonchev–Trinajstić information content (AvgIpc) is 2.11. The Labute approximate surface area is 84.5 Å². The lowest BCUT2D eigenvalue weighted by atomic mass is 10.3. The molecule has 0 fully saturated rings. The van der Waals surface area contributed by atoms with Crippen LogP contribution in [0.25, 0.3) is 0 Å². The van der Waals surface area contributed by atoms with Gasteiger partial charge in [0, 0.05) is 0 Å². The van der Waals surface area contributed by atoms with Gasteiger partial charge in [0.2, 0.25) is 0 Å². The van der Waals surface area contributed by atoms with Crippen molar-refractivity contribution >= 4 is 0 Å². The molecule has 0 aliphatic heterocycles. The van der Waals surface area contributed by atoms with Gasteiger partial charge in [0.15, 0.2) is 12.6 Å². The highest BCUT2D eigenvalue weighted by Gasteiger charge is 2.06. The normalized spacial score (nSPS) is 14.9. The summed E-state index contributed by atoms with van der Waals surface area (Å²) in [6, 6.07) is 0. The van der Waals surface area contributed by atoms with Crippen LogP contribution in [0.2, 0.25) is 0 Å². The second kappa shape index (κ2) is 6.73. The monoisotopic (exact) mass is 202 g/mol. The molecule has 0 aromatic heterocycles. The molecule has 2 unspecified atom stereocenters. The fraction of sp³-hybridized carbons (Fsp3) is 0.600. The van der Waals surface area contributed by atoms with E-state index < -0.39 is 12.6 Å². The quantitative estimate of drug-likeness (QED) is 0.364. The number of aliphatic hydroxyl groups excluding tert-OH is 2. The van der Waals surface area contributed by atoms with Crippen LogP contribution in [0.4, 0.5) is 0 Å². The van der Waals surface area contributed by atoms with Gasteiger partial charge in [0.1, 0.15) is 0 Å². The lowest BCUT2D eigenvalue weighted by Crippen LogP contribution is -2.20. The molecule has 82 valence electrons. The third-order valence-corrected chi connectivity index (χ3v) is 1.48. The van der Waals surface area contributed by atoms with E-state index in [4.69, 9.17) is 19.7 Å². The molecule has 0 bridgehead atoms. The first-order valence-corrected chi connectivity index (χ1v) is 4.35. The molecule has 0 aromatic carbocycles. The Morgan fingerprint density at radius 2 is 1.29 bits per heavy atom. The van der Waals surface area contributed by atoms with E-state index in [0.29, 0.717) is 11.1 Å². The van der Waals surface area contributed by atoms with E-state index in [0.717, 1.165) is 0 Å². The van der Waals surface area contributed by atoms with Crippen LogP contribution in [0.3, 0.4) is 0 Å². The molecule has 0 radical (unpaired) electrons. The Bertz CT molecular complexity index is 178. The minimum absolute atomic E-state index is 0.193. The predicted molar refractivity (Wildman–Crippen MR) is 53.5 cm³/mol. The Morgan fingerprint density at radius 3 is 1.50 bits per heavy atom. The molecule has 0 spiro atoms. The number of aliphatic hydroxyl groups is 2. The molecular weight excluding hydrogens is 184 g/mol. The summed E-state index contributed by atoms with van der Waals surface area (Å²) in [4.78, 5) is 0. The van der Waals surface area contributed by atoms with Crippen molar-refractivity contribution in [3.05, 3.63) is 24.3 Å². The number of hydrogen-bond donors (Lipinski definition) is 2. The van der Waals surface area contributed by atoms with Crippen LogP contribution in [0.15, 0.2) is 24.3 Å². The van der Waals surface area contributed by atoms with Crippen molar-refractivity contribution in [2.45, 2.75) is 26.4 Å². The molecule has 0 aromatic rings. The van der Waals surface area contributed by atoms with Gasteiger partial charge >= 0.3 is 0 Å². The summed E-state index contributed by atoms with van der Waals surface area (Å²) in [5.74, 6) is 0. The van der Waals surface area contributed by atoms with E-state index in [1.165, 1.54) is 0 Å². The molecule has 0 amide bonds. The Kier molecular flexibility index (Phi) is 6.40. The first kappa shape index (κ1) is 13.3. The summed E-state index contributed by atoms with van der Waals surface area (Å²) >= 11 is 0. The first-order valence-electron chi connectivity index (χ1n) is 4.35. The van der Waals surface area contributed by atoms with Crippen molar-refractivity contribution in [1.82, 2.24) is 0 Å². The minimum atomic E-state index is -0.972. The van der Waals surface area contributed by atoms with Crippen molar-refractivity contribution < 1.29 is 19.7 Å². The maximum Gasteiger partial charge on any atom is 0.176 e. The molecular formula is C10H18O4. The smallest absolute Gasteiger partial charge is 0.176 e. The Hall–Kier alpha value is -0.680. The van der Waals surface area contributed by atoms with Crippen molar-refractivity contribution in [1.29, 1.82) is 0 Å². The van der Waals surface area contributed by atoms with Gasteiger partial charge < -0.3 is 19.7 Å². The van der Waals surface area contributed by atoms with E-state index in [-0.39, 0.29) is 13.2 Å². The summed E-state index contributed by atoms with van der Waals surface area (Å²) in [6.07, 6.45) is -1.94. The van der Waals surface area contributed by atoms with E-state index >= 15 is 0 Å². The molecule has 0 aliphatic rings. The number of rotatable bonds is 7. The third-order valence-electron chi connectivity index (χ3n) is 1.48. The molecule has 2 N–H and O–H groups in total. The van der Waals surface area contributed by atoms with Gasteiger partial charge in [-0.25, -0.2) is 0 Å². The van der Waals surface area contributed by atoms with Crippen LogP contribution in [-0.2, 0) is 9.47 Å². The van der Waals surface area contributed by atoms with Crippen molar-refractivity contribution in [3.63, 3.8) is 0 Å². The maximum absolute atomic E-state index is 9.14. The Balaban J connectivity index is 3.47. The van der Waals surface area contributed by atoms with Crippen LogP contribution in [0, 0.1) is 0 Å². The number of hydrogen-bond acceptors (Lipinski definition) is 4. The minimum Gasteiger partial charge on any atom is -0.364 e. The van der Waals surface area contributed by atoms with Gasteiger partial charge in [-0.05, 0) is 25.0 Å². The lowest BCUT2D eigenvalue weighted by molar-refractivity contribution is -0.123. The van der Waals surface area contributed by atoms with E-state index in [2.05, 4.69) is 13.2 Å². The van der Waals surface area contributed by atoms with E-state index in [1.54, 1.807) is 13.8 Å². The van der Waals surface area contributed by atoms with Crippen molar-refractivity contribution in [2.75, 3.05) is 13.2 Å². The molecule has 4 heteroatoms. The molecule has 0 rings (SSSR count). The molecule has 4 nitrogen and oxygen atoms in total. The highest BCUT2D eigenvalue weighted by atomic mass is 16.6. The van der Waals surface area contributed by atoms with Gasteiger partial charge in [0.25, 0.3) is 0 Å². The third kappa shape index (κ3) is 5.88. The Morgan fingerprint density at radius 1 is 1.00 bits per heavy atom. The van der Waals surface area contributed by atoms with Crippen LogP contribution in [0.5, 0.6) is 0 Å². The van der Waals surface area contributed by atoms with Gasteiger partial charge in [-0.1, -0.05) is 13.2 Å². The van der Waals surface area contributed by atoms with Crippen molar-refractivity contribution in [2.24, 2.45) is 0 Å². The van der Waals surface area contributed by atoms with Crippen LogP contribution in [0.1, 0.15) is 13.8 Å². The maximum atomic E-state index is 9.14. The predicted octanol–water partition coefficient (Wildman–Crippen LogP) is 0.809. The van der Waals surface area contributed by atoms with Gasteiger partial charge in [0.05, 0.1) is 13.2 Å². The largest absolute Gasteiger partial charge is 0.364 e. The van der Waals surface area contributed by atoms with E-state index in [1.807, 2.05) is 0 Å². The molecule has 14 heavy (non-hydrogen) atoms. The summed E-state index contributed by atoms with van der Waals surface area (Å²) in [7, 11) is 0. The highest BCUT2D eigenvalue weighted by Crippen LogP contribution is 2.01. The topological polar surface area (TPSA) is 58.9 Å². The zero-order chi connectivity index (χ0) is 11.1. The standard InChI is InChI=1S/C10H18O4/c1-7(2)9(11)13-5-6-14-10(12)8(3)4/h9-12H,1,3,5-6H2,2,4H3. The first-order chi connectivity index (χ1) is 6.45. The fourth-order valence-electron chi connectivity index (χ4n) is 0.604. The molecule has 0 saturated heterocycles. The summed E-state index contributed by atoms with van der Waals surface area (Å²) in [5, 5.41) is 18.3. The van der Waals surface area contributed by atoms with E-state index in [9.17, 15) is 0 Å². The van der Waals surface area contributed by atoms with Gasteiger partial charge in [-0.2, -0.15) is 0 Å². The SMILES string of the molecule is C=C(C)C(O)OCCOC(O)C(=C)C. The summed E-state index contributed by atoms with van der Waals surface area (Å²) < 4.78 is 9.85. The second-order valence-electron chi connectivity index (χ2n) is 3.14. The fourth-order valence-corrected chi connectivity index (χ4v) is 0.604. The van der Waals surface area contributed by atoms with Gasteiger partial charge in [-0.3, -0.25) is 0 Å². The lowest BCUT2D eigenvalue weighted by Gasteiger charge is -2.14. The zero-order valence-corrected chi connectivity index (χ0v) is 8.69. The molecule has 0 saturated carbocycles. The molecule has 2 atom stereocenters. The van der Waals surface area contributed by atoms with Gasteiger partial charge in [-0.15, -0.1) is 0 Å². The zero-order valence-electron chi connectivity index (χ0n) is 8.69. The van der Waals surface area contributed by atoms with Crippen LogP contribution in [-0.4, -0.2) is 36.0 Å². The summed E-state index contributed by atoms with van der Waals surface area (Å²) in [6.45, 7) is 10.7. The van der Waals surface area contributed by atoms with Crippen molar-refractivity contribution in [3.8, 4) is 0 Å². The average molecular weight is 202 g/mol. The highest BCUT2D eigenvalue weighted by molar-refractivity contribution is 4.92. The summed E-state index contributed by atoms with van der Waals surface area (Å²) in [5.41, 5.74) is 1.07. The molecule has 0 heterocycles. The van der Waals surface area contributed by atoms with Crippen LogP contribution < -0.4 is 0 Å².